The lowest BCUT2D eigenvalue weighted by Crippen LogP contribution is -2.31. The van der Waals surface area contributed by atoms with Crippen LogP contribution in [0.15, 0.2) is 84.9 Å². The third kappa shape index (κ3) is 5.54. The fraction of sp³-hybridized carbons (Fsp3) is 0.290. The second-order valence-corrected chi connectivity index (χ2v) is 8.88. The molecule has 0 radical (unpaired) electrons. The van der Waals surface area contributed by atoms with E-state index in [0.29, 0.717) is 12.2 Å². The van der Waals surface area contributed by atoms with Gasteiger partial charge < -0.3 is 9.88 Å². The summed E-state index contributed by atoms with van der Waals surface area (Å²) in [4.78, 5) is 19.1. The summed E-state index contributed by atoms with van der Waals surface area (Å²) in [5.74, 6) is 0.739. The summed E-state index contributed by atoms with van der Waals surface area (Å²) in [5, 5.41) is 3.36. The molecule has 3 aromatic carbocycles. The maximum absolute atomic E-state index is 14.0. The largest absolute Gasteiger partial charge is 0.344 e. The van der Waals surface area contributed by atoms with Gasteiger partial charge in [0.1, 0.15) is 17.2 Å². The van der Waals surface area contributed by atoms with Gasteiger partial charge in [-0.1, -0.05) is 106 Å². The first-order chi connectivity index (χ1) is 17.2. The number of aryl methyl sites for hydroxylation is 1. The molecule has 1 heterocycles. The standard InChI is InChI=1S/C31H35N3O/c1-4-7-21-27(24-16-10-8-11-17-24)32-31(35)29-28(26-20-14-15-23(5-2)22-26)33-30(34(29)6-3)25-18-12-9-13-19-25/h8-20,22,27H,4-7,21H2,1-3H3,(H,32,35). The van der Waals surface area contributed by atoms with E-state index in [2.05, 4.69) is 79.2 Å². The van der Waals surface area contributed by atoms with Crippen LogP contribution < -0.4 is 5.32 Å². The van der Waals surface area contributed by atoms with Crippen molar-refractivity contribution in [1.82, 2.24) is 14.9 Å². The molecule has 180 valence electrons. The van der Waals surface area contributed by atoms with Gasteiger partial charge >= 0.3 is 0 Å². The second kappa shape index (κ2) is 11.7. The molecule has 0 saturated carbocycles. The summed E-state index contributed by atoms with van der Waals surface area (Å²) in [7, 11) is 0. The number of imidazole rings is 1. The number of carbonyl (C=O) groups is 1. The molecule has 0 aliphatic rings. The monoisotopic (exact) mass is 465 g/mol. The molecule has 1 N–H and O–H groups in total. The lowest BCUT2D eigenvalue weighted by Gasteiger charge is -2.20. The Morgan fingerprint density at radius 3 is 2.23 bits per heavy atom. The molecule has 1 atom stereocenters. The van der Waals surface area contributed by atoms with E-state index in [1.54, 1.807) is 0 Å². The molecule has 1 amide bonds. The molecule has 4 aromatic rings. The van der Waals surface area contributed by atoms with Crippen molar-refractivity contribution in [3.63, 3.8) is 0 Å². The summed E-state index contributed by atoms with van der Waals surface area (Å²) in [5.41, 5.74) is 5.70. The molecule has 0 bridgehead atoms. The molecule has 0 fully saturated rings. The van der Waals surface area contributed by atoms with E-state index in [0.717, 1.165) is 53.9 Å². The van der Waals surface area contributed by atoms with E-state index in [-0.39, 0.29) is 11.9 Å². The van der Waals surface area contributed by atoms with Gasteiger partial charge in [0.2, 0.25) is 0 Å². The fourth-order valence-electron chi connectivity index (χ4n) is 4.58. The van der Waals surface area contributed by atoms with Crippen molar-refractivity contribution in [2.45, 2.75) is 59.0 Å². The zero-order valence-corrected chi connectivity index (χ0v) is 21.0. The number of benzene rings is 3. The summed E-state index contributed by atoms with van der Waals surface area (Å²) >= 11 is 0. The number of nitrogens with zero attached hydrogens (tertiary/aromatic N) is 2. The Morgan fingerprint density at radius 2 is 1.57 bits per heavy atom. The first-order valence-corrected chi connectivity index (χ1v) is 12.8. The second-order valence-electron chi connectivity index (χ2n) is 8.88. The van der Waals surface area contributed by atoms with Crippen molar-refractivity contribution in [3.8, 4) is 22.6 Å². The van der Waals surface area contributed by atoms with Crippen molar-refractivity contribution in [3.05, 3.63) is 102 Å². The van der Waals surface area contributed by atoms with Gasteiger partial charge in [-0.15, -0.1) is 0 Å². The molecule has 4 rings (SSSR count). The summed E-state index contributed by atoms with van der Waals surface area (Å²) in [6.45, 7) is 7.05. The molecule has 0 aliphatic heterocycles. The van der Waals surface area contributed by atoms with Crippen LogP contribution in [0.3, 0.4) is 0 Å². The van der Waals surface area contributed by atoms with Crippen molar-refractivity contribution in [2.24, 2.45) is 0 Å². The average Bonchev–Trinajstić information content (AvgIpc) is 3.32. The highest BCUT2D eigenvalue weighted by Gasteiger charge is 2.26. The Morgan fingerprint density at radius 1 is 0.886 bits per heavy atom. The number of unbranched alkanes of at least 4 members (excludes halogenated alkanes) is 1. The fourth-order valence-corrected chi connectivity index (χ4v) is 4.58. The predicted molar refractivity (Wildman–Crippen MR) is 144 cm³/mol. The van der Waals surface area contributed by atoms with Crippen LogP contribution in [0.25, 0.3) is 22.6 Å². The minimum absolute atomic E-state index is 0.0427. The van der Waals surface area contributed by atoms with Gasteiger partial charge in [-0.2, -0.15) is 0 Å². The minimum atomic E-state index is -0.0802. The SMILES string of the molecule is CCCCC(NC(=O)c1c(-c2cccc(CC)c2)nc(-c2ccccc2)n1CC)c1ccccc1. The van der Waals surface area contributed by atoms with E-state index >= 15 is 0 Å². The lowest BCUT2D eigenvalue weighted by atomic mass is 10.0. The van der Waals surface area contributed by atoms with Crippen LogP contribution in [0.2, 0.25) is 0 Å². The van der Waals surface area contributed by atoms with Gasteiger partial charge in [-0.3, -0.25) is 4.79 Å². The van der Waals surface area contributed by atoms with Crippen LogP contribution in [-0.2, 0) is 13.0 Å². The number of nitrogens with one attached hydrogen (secondary N) is 1. The van der Waals surface area contributed by atoms with Gasteiger partial charge in [-0.05, 0) is 37.0 Å². The van der Waals surface area contributed by atoms with E-state index in [1.165, 1.54) is 5.56 Å². The summed E-state index contributed by atoms with van der Waals surface area (Å²) in [6, 6.07) is 28.7. The predicted octanol–water partition coefficient (Wildman–Crippen LogP) is 7.46. The minimum Gasteiger partial charge on any atom is -0.344 e. The number of hydrogen-bond acceptors (Lipinski definition) is 2. The Kier molecular flexibility index (Phi) is 8.15. The van der Waals surface area contributed by atoms with E-state index < -0.39 is 0 Å². The van der Waals surface area contributed by atoms with E-state index in [1.807, 2.05) is 36.4 Å². The highest BCUT2D eigenvalue weighted by Crippen LogP contribution is 2.31. The number of carbonyl (C=O) groups excluding carboxylic acids is 1. The Balaban J connectivity index is 1.82. The van der Waals surface area contributed by atoms with Gasteiger partial charge in [0.25, 0.3) is 5.91 Å². The van der Waals surface area contributed by atoms with Crippen LogP contribution in [0, 0.1) is 0 Å². The van der Waals surface area contributed by atoms with Crippen molar-refractivity contribution < 1.29 is 4.79 Å². The van der Waals surface area contributed by atoms with E-state index in [4.69, 9.17) is 4.98 Å². The number of rotatable bonds is 10. The molecule has 4 nitrogen and oxygen atoms in total. The highest BCUT2D eigenvalue weighted by molar-refractivity contribution is 6.00. The van der Waals surface area contributed by atoms with Crippen molar-refractivity contribution >= 4 is 5.91 Å². The highest BCUT2D eigenvalue weighted by atomic mass is 16.2. The molecule has 0 spiro atoms. The number of aromatic nitrogens is 2. The molecule has 1 unspecified atom stereocenters. The molecule has 0 saturated heterocycles. The number of hydrogen-bond donors (Lipinski definition) is 1. The number of amides is 1. The normalized spacial score (nSPS) is 11.9. The zero-order valence-electron chi connectivity index (χ0n) is 21.0. The maximum atomic E-state index is 14.0. The van der Waals surface area contributed by atoms with Crippen molar-refractivity contribution in [1.29, 1.82) is 0 Å². The topological polar surface area (TPSA) is 46.9 Å². The Hall–Kier alpha value is -3.66. The third-order valence-corrected chi connectivity index (χ3v) is 6.49. The zero-order chi connectivity index (χ0) is 24.6. The van der Waals surface area contributed by atoms with Crippen LogP contribution in [-0.4, -0.2) is 15.5 Å². The smallest absolute Gasteiger partial charge is 0.270 e. The molecular formula is C31H35N3O. The Labute approximate surface area is 209 Å². The van der Waals surface area contributed by atoms with Crippen LogP contribution in [0.1, 0.15) is 67.7 Å². The lowest BCUT2D eigenvalue weighted by molar-refractivity contribution is 0.0925. The van der Waals surface area contributed by atoms with Gasteiger partial charge in [0, 0.05) is 17.7 Å². The summed E-state index contributed by atoms with van der Waals surface area (Å²) < 4.78 is 2.06. The average molecular weight is 466 g/mol. The molecular weight excluding hydrogens is 430 g/mol. The van der Waals surface area contributed by atoms with Crippen molar-refractivity contribution in [2.75, 3.05) is 0 Å². The van der Waals surface area contributed by atoms with Gasteiger partial charge in [0.15, 0.2) is 0 Å². The molecule has 1 aromatic heterocycles. The molecule has 0 aliphatic carbocycles. The summed E-state index contributed by atoms with van der Waals surface area (Å²) in [6.07, 6.45) is 3.97. The Bertz CT molecular complexity index is 1240. The molecule has 35 heavy (non-hydrogen) atoms. The van der Waals surface area contributed by atoms with Crippen LogP contribution in [0.4, 0.5) is 0 Å². The van der Waals surface area contributed by atoms with Crippen LogP contribution in [0.5, 0.6) is 0 Å². The first-order valence-electron chi connectivity index (χ1n) is 12.8. The first kappa shape index (κ1) is 24.5. The maximum Gasteiger partial charge on any atom is 0.270 e. The van der Waals surface area contributed by atoms with Gasteiger partial charge in [-0.25, -0.2) is 4.98 Å². The van der Waals surface area contributed by atoms with Gasteiger partial charge in [0.05, 0.1) is 6.04 Å². The third-order valence-electron chi connectivity index (χ3n) is 6.49. The van der Waals surface area contributed by atoms with Crippen LogP contribution >= 0.6 is 0 Å². The van der Waals surface area contributed by atoms with E-state index in [9.17, 15) is 4.79 Å². The quantitative estimate of drug-likeness (QED) is 0.264. The molecule has 4 heteroatoms.